The molecule has 2 rings (SSSR count). The van der Waals surface area contributed by atoms with Gasteiger partial charge in [-0.25, -0.2) is 0 Å². The van der Waals surface area contributed by atoms with Crippen LogP contribution in [0.15, 0.2) is 35.5 Å². The van der Waals surface area contributed by atoms with Crippen molar-refractivity contribution >= 4 is 29.4 Å². The van der Waals surface area contributed by atoms with E-state index < -0.39 is 0 Å². The fourth-order valence-electron chi connectivity index (χ4n) is 2.26. The molecular formula is C19H21ClN2O4. The average molecular weight is 377 g/mol. The van der Waals surface area contributed by atoms with Crippen LogP contribution in [-0.4, -0.2) is 32.9 Å². The molecular weight excluding hydrogens is 356 g/mol. The Balaban J connectivity index is 1.94. The Bertz CT molecular complexity index is 821. The highest BCUT2D eigenvalue weighted by Crippen LogP contribution is 2.35. The van der Waals surface area contributed by atoms with Gasteiger partial charge >= 0.3 is 0 Å². The van der Waals surface area contributed by atoms with Gasteiger partial charge in [0.1, 0.15) is 0 Å². The van der Waals surface area contributed by atoms with Gasteiger partial charge in [0.25, 0.3) is 5.91 Å². The van der Waals surface area contributed by atoms with Crippen molar-refractivity contribution in [2.24, 2.45) is 5.16 Å². The highest BCUT2D eigenvalue weighted by molar-refractivity contribution is 6.32. The molecule has 1 amide bonds. The third kappa shape index (κ3) is 5.13. The van der Waals surface area contributed by atoms with Gasteiger partial charge in [-0.05, 0) is 43.2 Å². The maximum absolute atomic E-state index is 12.0. The predicted molar refractivity (Wildman–Crippen MR) is 103 cm³/mol. The zero-order chi connectivity index (χ0) is 19.1. The van der Waals surface area contributed by atoms with Crippen LogP contribution < -0.4 is 14.8 Å². The van der Waals surface area contributed by atoms with E-state index >= 15 is 0 Å². The number of nitrogens with one attached hydrogen (secondary N) is 1. The second-order valence-corrected chi connectivity index (χ2v) is 6.02. The molecule has 0 radical (unpaired) electrons. The number of benzene rings is 2. The summed E-state index contributed by atoms with van der Waals surface area (Å²) in [4.78, 5) is 17.0. The second-order valence-electron chi connectivity index (χ2n) is 5.61. The molecule has 0 bridgehead atoms. The summed E-state index contributed by atoms with van der Waals surface area (Å²) < 4.78 is 10.4. The standard InChI is InChI=1S/C19H21ClN2O4/c1-12-5-6-13(2)16(7-12)22-18(23)11-26-21-10-14-8-15(20)19(25-4)17(9-14)24-3/h5-10H,11H2,1-4H3,(H,22,23)/b21-10-. The summed E-state index contributed by atoms with van der Waals surface area (Å²) in [7, 11) is 3.03. The van der Waals surface area contributed by atoms with E-state index in [2.05, 4.69) is 10.5 Å². The molecule has 0 aromatic heterocycles. The third-order valence-electron chi connectivity index (χ3n) is 3.60. The van der Waals surface area contributed by atoms with Crippen molar-refractivity contribution in [3.63, 3.8) is 0 Å². The van der Waals surface area contributed by atoms with Crippen molar-refractivity contribution in [1.82, 2.24) is 0 Å². The quantitative estimate of drug-likeness (QED) is 0.586. The molecule has 0 fully saturated rings. The van der Waals surface area contributed by atoms with Gasteiger partial charge in [-0.2, -0.15) is 0 Å². The van der Waals surface area contributed by atoms with Crippen molar-refractivity contribution in [2.45, 2.75) is 13.8 Å². The monoisotopic (exact) mass is 376 g/mol. The molecule has 0 aliphatic heterocycles. The SMILES string of the molecule is COc1cc(/C=N\OCC(=O)Nc2cc(C)ccc2C)cc(Cl)c1OC. The first-order valence-electron chi connectivity index (χ1n) is 7.88. The first-order chi connectivity index (χ1) is 12.4. The molecule has 6 nitrogen and oxygen atoms in total. The topological polar surface area (TPSA) is 69.2 Å². The maximum atomic E-state index is 12.0. The van der Waals surface area contributed by atoms with E-state index in [0.717, 1.165) is 16.8 Å². The number of amides is 1. The van der Waals surface area contributed by atoms with Crippen LogP contribution in [0.2, 0.25) is 5.02 Å². The lowest BCUT2D eigenvalue weighted by atomic mass is 10.1. The summed E-state index contributed by atoms with van der Waals surface area (Å²) in [6.07, 6.45) is 1.44. The van der Waals surface area contributed by atoms with Crippen molar-refractivity contribution < 1.29 is 19.1 Å². The fraction of sp³-hybridized carbons (Fsp3) is 0.263. The van der Waals surface area contributed by atoms with Crippen LogP contribution in [0.25, 0.3) is 0 Å². The first kappa shape index (κ1) is 19.6. The number of hydrogen-bond donors (Lipinski definition) is 1. The molecule has 0 aliphatic carbocycles. The van der Waals surface area contributed by atoms with E-state index in [9.17, 15) is 4.79 Å². The van der Waals surface area contributed by atoms with Gasteiger partial charge in [-0.1, -0.05) is 28.9 Å². The normalized spacial score (nSPS) is 10.7. The summed E-state index contributed by atoms with van der Waals surface area (Å²) in [5.74, 6) is 0.635. The molecule has 138 valence electrons. The number of carbonyl (C=O) groups is 1. The van der Waals surface area contributed by atoms with Crippen LogP contribution in [0.4, 0.5) is 5.69 Å². The molecule has 0 spiro atoms. The molecule has 1 N–H and O–H groups in total. The summed E-state index contributed by atoms with van der Waals surface area (Å²) in [6.45, 7) is 3.68. The highest BCUT2D eigenvalue weighted by Gasteiger charge is 2.10. The fourth-order valence-corrected chi connectivity index (χ4v) is 2.56. The third-order valence-corrected chi connectivity index (χ3v) is 3.88. The lowest BCUT2D eigenvalue weighted by Gasteiger charge is -2.10. The molecule has 0 aliphatic rings. The molecule has 2 aromatic carbocycles. The first-order valence-corrected chi connectivity index (χ1v) is 8.26. The number of aryl methyl sites for hydroxylation is 2. The highest BCUT2D eigenvalue weighted by atomic mass is 35.5. The van der Waals surface area contributed by atoms with Crippen molar-refractivity contribution in [3.8, 4) is 11.5 Å². The Morgan fingerprint density at radius 3 is 2.65 bits per heavy atom. The number of oxime groups is 1. The summed E-state index contributed by atoms with van der Waals surface area (Å²) >= 11 is 6.12. The predicted octanol–water partition coefficient (Wildman–Crippen LogP) is 3.96. The molecule has 2 aromatic rings. The Labute approximate surface area is 157 Å². The molecule has 0 saturated heterocycles. The van der Waals surface area contributed by atoms with E-state index in [1.165, 1.54) is 20.4 Å². The Morgan fingerprint density at radius 1 is 1.19 bits per heavy atom. The van der Waals surface area contributed by atoms with E-state index in [1.807, 2.05) is 32.0 Å². The number of nitrogens with zero attached hydrogens (tertiary/aromatic N) is 1. The van der Waals surface area contributed by atoms with Crippen LogP contribution in [0.3, 0.4) is 0 Å². The van der Waals surface area contributed by atoms with Gasteiger partial charge in [0.15, 0.2) is 18.1 Å². The average Bonchev–Trinajstić information content (AvgIpc) is 2.61. The van der Waals surface area contributed by atoms with E-state index in [0.29, 0.717) is 22.1 Å². The summed E-state index contributed by atoms with van der Waals surface area (Å²) in [5, 5.41) is 6.98. The lowest BCUT2D eigenvalue weighted by Crippen LogP contribution is -2.17. The Morgan fingerprint density at radius 2 is 1.96 bits per heavy atom. The zero-order valence-corrected chi connectivity index (χ0v) is 15.9. The number of halogens is 1. The summed E-state index contributed by atoms with van der Waals surface area (Å²) in [5.41, 5.74) is 3.46. The smallest absolute Gasteiger partial charge is 0.265 e. The number of hydrogen-bond acceptors (Lipinski definition) is 5. The Hall–Kier alpha value is -2.73. The minimum absolute atomic E-state index is 0.203. The molecule has 0 saturated carbocycles. The Kier molecular flexibility index (Phi) is 6.86. The van der Waals surface area contributed by atoms with Gasteiger partial charge in [-0.15, -0.1) is 0 Å². The zero-order valence-electron chi connectivity index (χ0n) is 15.1. The van der Waals surface area contributed by atoms with Crippen molar-refractivity contribution in [2.75, 3.05) is 26.1 Å². The van der Waals surface area contributed by atoms with Crippen LogP contribution >= 0.6 is 11.6 Å². The van der Waals surface area contributed by atoms with Crippen LogP contribution in [0.5, 0.6) is 11.5 Å². The van der Waals surface area contributed by atoms with Gasteiger partial charge < -0.3 is 19.6 Å². The van der Waals surface area contributed by atoms with E-state index in [4.69, 9.17) is 25.9 Å². The lowest BCUT2D eigenvalue weighted by molar-refractivity contribution is -0.120. The molecule has 0 atom stereocenters. The van der Waals surface area contributed by atoms with E-state index in [-0.39, 0.29) is 12.5 Å². The van der Waals surface area contributed by atoms with Gasteiger partial charge in [-0.3, -0.25) is 4.79 Å². The van der Waals surface area contributed by atoms with Crippen molar-refractivity contribution in [1.29, 1.82) is 0 Å². The number of rotatable bonds is 7. The number of ether oxygens (including phenoxy) is 2. The van der Waals surface area contributed by atoms with Crippen LogP contribution in [-0.2, 0) is 9.63 Å². The number of carbonyl (C=O) groups excluding carboxylic acids is 1. The molecule has 0 heterocycles. The maximum Gasteiger partial charge on any atom is 0.265 e. The molecule has 26 heavy (non-hydrogen) atoms. The number of anilines is 1. The number of methoxy groups -OCH3 is 2. The van der Waals surface area contributed by atoms with Gasteiger partial charge in [0.2, 0.25) is 0 Å². The van der Waals surface area contributed by atoms with Gasteiger partial charge in [0, 0.05) is 11.3 Å². The van der Waals surface area contributed by atoms with Crippen molar-refractivity contribution in [3.05, 3.63) is 52.0 Å². The minimum atomic E-state index is -0.291. The molecule has 7 heteroatoms. The van der Waals surface area contributed by atoms with E-state index in [1.54, 1.807) is 12.1 Å². The minimum Gasteiger partial charge on any atom is -0.493 e. The molecule has 0 unspecified atom stereocenters. The van der Waals surface area contributed by atoms with Gasteiger partial charge in [0.05, 0.1) is 25.5 Å². The largest absolute Gasteiger partial charge is 0.493 e. The second kappa shape index (κ2) is 9.10. The van der Waals surface area contributed by atoms with Crippen LogP contribution in [0.1, 0.15) is 16.7 Å². The van der Waals surface area contributed by atoms with Crippen LogP contribution in [0, 0.1) is 13.8 Å². The summed E-state index contributed by atoms with van der Waals surface area (Å²) in [6, 6.07) is 9.20.